The van der Waals surface area contributed by atoms with Crippen LogP contribution in [-0.4, -0.2) is 47.1 Å². The topological polar surface area (TPSA) is 98.1 Å². The SMILES string of the molecule is CC1=NC(C)=C(C(=O)OCCO)C(c2cccnc2)C1C(=O)OC(C)C. The molecule has 2 atom stereocenters. The molecule has 7 nitrogen and oxygen atoms in total. The molecule has 2 heterocycles. The van der Waals surface area contributed by atoms with Crippen LogP contribution in [0.3, 0.4) is 0 Å². The third-order valence-electron chi connectivity index (χ3n) is 4.02. The summed E-state index contributed by atoms with van der Waals surface area (Å²) in [5.74, 6) is -2.42. The van der Waals surface area contributed by atoms with Crippen LogP contribution in [0.1, 0.15) is 39.2 Å². The van der Waals surface area contributed by atoms with Gasteiger partial charge in [0, 0.05) is 29.7 Å². The van der Waals surface area contributed by atoms with Gasteiger partial charge in [0.2, 0.25) is 0 Å². The molecule has 2 unspecified atom stereocenters. The van der Waals surface area contributed by atoms with E-state index in [1.54, 1.807) is 52.2 Å². The normalized spacial score (nSPS) is 20.0. The molecule has 0 amide bonds. The molecule has 0 saturated heterocycles. The molecule has 0 bridgehead atoms. The van der Waals surface area contributed by atoms with Crippen LogP contribution in [0.2, 0.25) is 0 Å². The lowest BCUT2D eigenvalue weighted by atomic mass is 9.76. The van der Waals surface area contributed by atoms with Crippen LogP contribution >= 0.6 is 0 Å². The average molecular weight is 360 g/mol. The number of nitrogens with zero attached hydrogens (tertiary/aromatic N) is 2. The second-order valence-corrected chi connectivity index (χ2v) is 6.34. The van der Waals surface area contributed by atoms with Crippen molar-refractivity contribution in [2.75, 3.05) is 13.2 Å². The zero-order valence-corrected chi connectivity index (χ0v) is 15.4. The van der Waals surface area contributed by atoms with Gasteiger partial charge in [-0.05, 0) is 39.3 Å². The van der Waals surface area contributed by atoms with Gasteiger partial charge < -0.3 is 14.6 Å². The molecule has 0 fully saturated rings. The molecule has 0 saturated carbocycles. The second kappa shape index (κ2) is 8.71. The van der Waals surface area contributed by atoms with Crippen LogP contribution in [0.5, 0.6) is 0 Å². The first-order chi connectivity index (χ1) is 12.4. The highest BCUT2D eigenvalue weighted by molar-refractivity contribution is 6.07. The van der Waals surface area contributed by atoms with Crippen LogP contribution < -0.4 is 0 Å². The van der Waals surface area contributed by atoms with Crippen LogP contribution in [0.25, 0.3) is 0 Å². The zero-order valence-electron chi connectivity index (χ0n) is 15.4. The molecular weight excluding hydrogens is 336 g/mol. The van der Waals surface area contributed by atoms with Gasteiger partial charge in [-0.3, -0.25) is 14.8 Å². The van der Waals surface area contributed by atoms with Gasteiger partial charge in [0.1, 0.15) is 12.5 Å². The van der Waals surface area contributed by atoms with Gasteiger partial charge in [-0.2, -0.15) is 0 Å². The Labute approximate surface area is 152 Å². The van der Waals surface area contributed by atoms with E-state index in [1.807, 2.05) is 0 Å². The highest BCUT2D eigenvalue weighted by atomic mass is 16.5. The van der Waals surface area contributed by atoms with E-state index >= 15 is 0 Å². The Morgan fingerprint density at radius 3 is 2.62 bits per heavy atom. The third kappa shape index (κ3) is 4.35. The summed E-state index contributed by atoms with van der Waals surface area (Å²) in [5.41, 5.74) is 2.03. The number of hydrogen-bond acceptors (Lipinski definition) is 7. The molecule has 2 rings (SSSR count). The van der Waals surface area contributed by atoms with Gasteiger partial charge in [0.15, 0.2) is 0 Å². The molecule has 1 aromatic rings. The molecule has 1 aromatic heterocycles. The standard InChI is InChI=1S/C19H24N2O5/c1-11(2)26-19(24)16-13(4)21-12(3)15(18(23)25-9-8-22)17(16)14-6-5-7-20-10-14/h5-7,10-11,16-17,22H,8-9H2,1-4H3. The number of allylic oxidation sites excluding steroid dienone is 1. The molecule has 1 aliphatic rings. The predicted octanol–water partition coefficient (Wildman–Crippen LogP) is 2.02. The smallest absolute Gasteiger partial charge is 0.336 e. The fourth-order valence-corrected chi connectivity index (χ4v) is 3.05. The maximum atomic E-state index is 12.8. The first-order valence-electron chi connectivity index (χ1n) is 8.51. The van der Waals surface area contributed by atoms with Crippen molar-refractivity contribution in [2.24, 2.45) is 10.9 Å². The fraction of sp³-hybridized carbons (Fsp3) is 0.474. The Hall–Kier alpha value is -2.54. The first-order valence-corrected chi connectivity index (χ1v) is 8.51. The molecule has 26 heavy (non-hydrogen) atoms. The zero-order chi connectivity index (χ0) is 19.3. The third-order valence-corrected chi connectivity index (χ3v) is 4.02. The van der Waals surface area contributed by atoms with Crippen molar-refractivity contribution in [1.29, 1.82) is 0 Å². The van der Waals surface area contributed by atoms with Gasteiger partial charge in [-0.15, -0.1) is 0 Å². The van der Waals surface area contributed by atoms with Gasteiger partial charge in [-0.1, -0.05) is 6.07 Å². The minimum atomic E-state index is -0.748. The molecule has 1 aliphatic heterocycles. The van der Waals surface area contributed by atoms with Crippen LogP contribution in [-0.2, 0) is 19.1 Å². The van der Waals surface area contributed by atoms with Crippen molar-refractivity contribution in [3.05, 3.63) is 41.4 Å². The minimum Gasteiger partial charge on any atom is -0.462 e. The number of hydrogen-bond donors (Lipinski definition) is 1. The van der Waals surface area contributed by atoms with Crippen LogP contribution in [0.4, 0.5) is 0 Å². The van der Waals surface area contributed by atoms with E-state index in [1.165, 1.54) is 0 Å². The monoisotopic (exact) mass is 360 g/mol. The van der Waals surface area contributed by atoms with Gasteiger partial charge >= 0.3 is 11.9 Å². The summed E-state index contributed by atoms with van der Waals surface area (Å²) in [6.45, 7) is 6.57. The van der Waals surface area contributed by atoms with Gasteiger partial charge in [0.05, 0.1) is 18.3 Å². The van der Waals surface area contributed by atoms with E-state index in [4.69, 9.17) is 14.6 Å². The number of carbonyl (C=O) groups is 2. The summed E-state index contributed by atoms with van der Waals surface area (Å²) < 4.78 is 10.5. The van der Waals surface area contributed by atoms with Crippen LogP contribution in [0.15, 0.2) is 40.8 Å². The van der Waals surface area contributed by atoms with E-state index < -0.39 is 23.8 Å². The Bertz CT molecular complexity index is 725. The first kappa shape index (κ1) is 19.8. The molecule has 0 aromatic carbocycles. The molecular formula is C19H24N2O5. The number of esters is 2. The number of aliphatic hydroxyl groups is 1. The fourth-order valence-electron chi connectivity index (χ4n) is 3.05. The minimum absolute atomic E-state index is 0.126. The molecule has 7 heteroatoms. The average Bonchev–Trinajstić information content (AvgIpc) is 2.59. The number of aromatic nitrogens is 1. The largest absolute Gasteiger partial charge is 0.462 e. The summed E-state index contributed by atoms with van der Waals surface area (Å²) in [6.07, 6.45) is 2.95. The van der Waals surface area contributed by atoms with Gasteiger partial charge in [-0.25, -0.2) is 4.79 Å². The van der Waals surface area contributed by atoms with Crippen molar-refractivity contribution < 1.29 is 24.2 Å². The summed E-state index contributed by atoms with van der Waals surface area (Å²) in [6, 6.07) is 3.55. The Kier molecular flexibility index (Phi) is 6.63. The summed E-state index contributed by atoms with van der Waals surface area (Å²) in [5, 5.41) is 8.94. The number of aliphatic hydroxyl groups excluding tert-OH is 1. The lowest BCUT2D eigenvalue weighted by molar-refractivity contribution is -0.150. The Morgan fingerprint density at radius 1 is 1.31 bits per heavy atom. The second-order valence-electron chi connectivity index (χ2n) is 6.34. The lowest BCUT2D eigenvalue weighted by Gasteiger charge is -2.31. The molecule has 0 spiro atoms. The lowest BCUT2D eigenvalue weighted by Crippen LogP contribution is -2.37. The van der Waals surface area contributed by atoms with Crippen molar-refractivity contribution in [1.82, 2.24) is 4.98 Å². The maximum Gasteiger partial charge on any atom is 0.336 e. The number of rotatable bonds is 6. The molecule has 0 aliphatic carbocycles. The van der Waals surface area contributed by atoms with Crippen molar-refractivity contribution in [3.8, 4) is 0 Å². The molecule has 140 valence electrons. The Balaban J connectivity index is 2.53. The highest BCUT2D eigenvalue weighted by Gasteiger charge is 2.42. The predicted molar refractivity (Wildman–Crippen MR) is 95.5 cm³/mol. The number of aliphatic imine (C=N–C) groups is 1. The number of pyridine rings is 1. The summed E-state index contributed by atoms with van der Waals surface area (Å²) in [4.78, 5) is 33.9. The maximum absolute atomic E-state index is 12.8. The summed E-state index contributed by atoms with van der Waals surface area (Å²) >= 11 is 0. The van der Waals surface area contributed by atoms with Gasteiger partial charge in [0.25, 0.3) is 0 Å². The quantitative estimate of drug-likeness (QED) is 0.780. The van der Waals surface area contributed by atoms with Crippen molar-refractivity contribution in [2.45, 2.75) is 39.7 Å². The number of ether oxygens (including phenoxy) is 2. The van der Waals surface area contributed by atoms with E-state index in [0.29, 0.717) is 17.0 Å². The van der Waals surface area contributed by atoms with E-state index in [2.05, 4.69) is 9.98 Å². The van der Waals surface area contributed by atoms with Crippen molar-refractivity contribution in [3.63, 3.8) is 0 Å². The van der Waals surface area contributed by atoms with Crippen LogP contribution in [0, 0.1) is 5.92 Å². The molecule has 1 N–H and O–H groups in total. The highest BCUT2D eigenvalue weighted by Crippen LogP contribution is 2.39. The summed E-state index contributed by atoms with van der Waals surface area (Å²) in [7, 11) is 0. The number of carbonyl (C=O) groups excluding carboxylic acids is 2. The molecule has 0 radical (unpaired) electrons. The van der Waals surface area contributed by atoms with E-state index in [0.717, 1.165) is 0 Å². The van der Waals surface area contributed by atoms with E-state index in [-0.39, 0.29) is 24.9 Å². The van der Waals surface area contributed by atoms with E-state index in [9.17, 15) is 9.59 Å². The Morgan fingerprint density at radius 2 is 2.04 bits per heavy atom. The van der Waals surface area contributed by atoms with Crippen molar-refractivity contribution >= 4 is 17.7 Å².